The normalized spacial score (nSPS) is 24.4. The molecule has 0 bridgehead atoms. The van der Waals surface area contributed by atoms with E-state index in [-0.39, 0.29) is 11.8 Å². The highest BCUT2D eigenvalue weighted by Gasteiger charge is 2.32. The number of hydrogen-bond acceptors (Lipinski definition) is 4. The molecule has 1 aromatic rings. The SMILES string of the molecule is N[C@H](CC1CCCCC1)C(O)C(=O)C1CC(c2ccccc2)=CCN1. The van der Waals surface area contributed by atoms with Crippen molar-refractivity contribution in [3.63, 3.8) is 0 Å². The Morgan fingerprint density at radius 3 is 2.64 bits per heavy atom. The molecule has 0 saturated heterocycles. The molecule has 3 rings (SSSR count). The monoisotopic (exact) mass is 342 g/mol. The van der Waals surface area contributed by atoms with Crippen LogP contribution in [0, 0.1) is 5.92 Å². The predicted octanol–water partition coefficient (Wildman–Crippen LogP) is 2.66. The molecular formula is C21H30N2O2. The maximum atomic E-state index is 12.7. The molecule has 1 aliphatic heterocycles. The zero-order valence-corrected chi connectivity index (χ0v) is 14.9. The molecule has 1 heterocycles. The lowest BCUT2D eigenvalue weighted by molar-refractivity contribution is -0.130. The van der Waals surface area contributed by atoms with Gasteiger partial charge < -0.3 is 16.2 Å². The zero-order valence-electron chi connectivity index (χ0n) is 14.9. The van der Waals surface area contributed by atoms with Gasteiger partial charge in [0.2, 0.25) is 0 Å². The van der Waals surface area contributed by atoms with Crippen LogP contribution in [0.3, 0.4) is 0 Å². The van der Waals surface area contributed by atoms with Crippen LogP contribution in [0.2, 0.25) is 0 Å². The molecule has 1 saturated carbocycles. The van der Waals surface area contributed by atoms with Gasteiger partial charge in [-0.1, -0.05) is 68.5 Å². The number of carbonyl (C=O) groups excluding carboxylic acids is 1. The van der Waals surface area contributed by atoms with Crippen LogP contribution in [0.25, 0.3) is 5.57 Å². The average molecular weight is 342 g/mol. The fourth-order valence-corrected chi connectivity index (χ4v) is 4.14. The number of nitrogens with one attached hydrogen (secondary N) is 1. The summed E-state index contributed by atoms with van der Waals surface area (Å²) in [6.07, 6.45) is 8.55. The second-order valence-corrected chi connectivity index (χ2v) is 7.51. The third-order valence-corrected chi connectivity index (χ3v) is 5.65. The molecule has 0 radical (unpaired) electrons. The maximum Gasteiger partial charge on any atom is 0.180 e. The Hall–Kier alpha value is -1.49. The van der Waals surface area contributed by atoms with Gasteiger partial charge in [0.15, 0.2) is 5.78 Å². The molecule has 0 amide bonds. The first kappa shape index (κ1) is 18.3. The van der Waals surface area contributed by atoms with E-state index in [1.54, 1.807) is 0 Å². The van der Waals surface area contributed by atoms with Crippen molar-refractivity contribution >= 4 is 11.4 Å². The van der Waals surface area contributed by atoms with Crippen molar-refractivity contribution in [1.82, 2.24) is 5.32 Å². The van der Waals surface area contributed by atoms with Crippen molar-refractivity contribution in [2.45, 2.75) is 63.1 Å². The smallest absolute Gasteiger partial charge is 0.180 e. The van der Waals surface area contributed by atoms with Gasteiger partial charge >= 0.3 is 0 Å². The fraction of sp³-hybridized carbons (Fsp3) is 0.571. The number of Topliss-reactive ketones (excluding diaryl/α,β-unsaturated/α-hetero) is 1. The Kier molecular flexibility index (Phi) is 6.40. The van der Waals surface area contributed by atoms with Crippen molar-refractivity contribution < 1.29 is 9.90 Å². The first-order valence-corrected chi connectivity index (χ1v) is 9.60. The van der Waals surface area contributed by atoms with Crippen molar-refractivity contribution in [3.05, 3.63) is 42.0 Å². The number of carbonyl (C=O) groups is 1. The molecule has 1 fully saturated rings. The first-order chi connectivity index (χ1) is 12.1. The number of aliphatic hydroxyl groups is 1. The van der Waals surface area contributed by atoms with Crippen molar-refractivity contribution in [2.24, 2.45) is 11.7 Å². The second-order valence-electron chi connectivity index (χ2n) is 7.51. The van der Waals surface area contributed by atoms with Gasteiger partial charge in [0.25, 0.3) is 0 Å². The topological polar surface area (TPSA) is 75.3 Å². The minimum Gasteiger partial charge on any atom is -0.384 e. The van der Waals surface area contributed by atoms with E-state index in [0.717, 1.165) is 17.6 Å². The van der Waals surface area contributed by atoms with Gasteiger partial charge in [-0.05, 0) is 29.9 Å². The van der Waals surface area contributed by atoms with E-state index in [9.17, 15) is 9.90 Å². The zero-order chi connectivity index (χ0) is 17.6. The van der Waals surface area contributed by atoms with Crippen LogP contribution < -0.4 is 11.1 Å². The third kappa shape index (κ3) is 4.78. The van der Waals surface area contributed by atoms with Crippen LogP contribution in [0.4, 0.5) is 0 Å². The molecule has 0 aromatic heterocycles. The standard InChI is InChI=1S/C21H30N2O2/c22-18(13-15-7-3-1-4-8-15)20(24)21(25)19-14-17(11-12-23-19)16-9-5-2-6-10-16/h2,5-6,9-11,15,18-20,23-24H,1,3-4,7-8,12-14,22H2/t18-,19?,20?/m1/s1. The molecule has 4 nitrogen and oxygen atoms in total. The van der Waals surface area contributed by atoms with Crippen molar-refractivity contribution in [2.75, 3.05) is 6.54 Å². The van der Waals surface area contributed by atoms with E-state index in [1.807, 2.05) is 18.2 Å². The Bertz CT molecular complexity index is 593. The van der Waals surface area contributed by atoms with Crippen LogP contribution >= 0.6 is 0 Å². The molecule has 25 heavy (non-hydrogen) atoms. The molecule has 0 spiro atoms. The Balaban J connectivity index is 1.57. The maximum absolute atomic E-state index is 12.7. The Morgan fingerprint density at radius 2 is 1.92 bits per heavy atom. The summed E-state index contributed by atoms with van der Waals surface area (Å²) in [5.41, 5.74) is 8.49. The second kappa shape index (κ2) is 8.75. The molecule has 1 aliphatic carbocycles. The summed E-state index contributed by atoms with van der Waals surface area (Å²) >= 11 is 0. The lowest BCUT2D eigenvalue weighted by Gasteiger charge is -2.30. The van der Waals surface area contributed by atoms with E-state index in [0.29, 0.717) is 18.9 Å². The summed E-state index contributed by atoms with van der Waals surface area (Å²) in [6, 6.07) is 9.31. The van der Waals surface area contributed by atoms with E-state index < -0.39 is 12.1 Å². The van der Waals surface area contributed by atoms with Gasteiger partial charge in [0, 0.05) is 12.6 Å². The Labute approximate surface area is 150 Å². The highest BCUT2D eigenvalue weighted by molar-refractivity contribution is 5.91. The molecule has 4 heteroatoms. The Morgan fingerprint density at radius 1 is 1.20 bits per heavy atom. The molecule has 4 N–H and O–H groups in total. The van der Waals surface area contributed by atoms with Gasteiger partial charge in [-0.15, -0.1) is 0 Å². The number of aliphatic hydroxyl groups excluding tert-OH is 1. The van der Waals surface area contributed by atoms with Crippen LogP contribution in [0.15, 0.2) is 36.4 Å². The first-order valence-electron chi connectivity index (χ1n) is 9.60. The minimum absolute atomic E-state index is 0.162. The number of ketones is 1. The van der Waals surface area contributed by atoms with Crippen molar-refractivity contribution in [1.29, 1.82) is 0 Å². The van der Waals surface area contributed by atoms with Gasteiger partial charge in [0.1, 0.15) is 6.10 Å². The van der Waals surface area contributed by atoms with E-state index in [1.165, 1.54) is 32.1 Å². The average Bonchev–Trinajstić information content (AvgIpc) is 2.68. The molecule has 3 atom stereocenters. The van der Waals surface area contributed by atoms with E-state index in [4.69, 9.17) is 5.73 Å². The molecular weight excluding hydrogens is 312 g/mol. The summed E-state index contributed by atoms with van der Waals surface area (Å²) in [4.78, 5) is 12.7. The summed E-state index contributed by atoms with van der Waals surface area (Å²) in [6.45, 7) is 0.644. The lowest BCUT2D eigenvalue weighted by atomic mass is 9.82. The van der Waals surface area contributed by atoms with Gasteiger partial charge in [-0.25, -0.2) is 0 Å². The fourth-order valence-electron chi connectivity index (χ4n) is 4.14. The number of nitrogens with two attached hydrogens (primary N) is 1. The van der Waals surface area contributed by atoms with E-state index in [2.05, 4.69) is 23.5 Å². The van der Waals surface area contributed by atoms with Crippen LogP contribution in [0.1, 0.15) is 50.5 Å². The highest BCUT2D eigenvalue weighted by Crippen LogP contribution is 2.28. The highest BCUT2D eigenvalue weighted by atomic mass is 16.3. The molecule has 2 aliphatic rings. The largest absolute Gasteiger partial charge is 0.384 e. The molecule has 136 valence electrons. The van der Waals surface area contributed by atoms with Gasteiger partial charge in [0.05, 0.1) is 6.04 Å². The number of rotatable bonds is 6. The van der Waals surface area contributed by atoms with E-state index >= 15 is 0 Å². The summed E-state index contributed by atoms with van der Waals surface area (Å²) in [5.74, 6) is 0.398. The number of hydrogen-bond donors (Lipinski definition) is 3. The quantitative estimate of drug-likeness (QED) is 0.743. The summed E-state index contributed by atoms with van der Waals surface area (Å²) in [7, 11) is 0. The van der Waals surface area contributed by atoms with Crippen LogP contribution in [-0.4, -0.2) is 35.6 Å². The lowest BCUT2D eigenvalue weighted by Crippen LogP contribution is -2.51. The van der Waals surface area contributed by atoms with Gasteiger partial charge in [-0.3, -0.25) is 4.79 Å². The number of benzene rings is 1. The van der Waals surface area contributed by atoms with Gasteiger partial charge in [-0.2, -0.15) is 0 Å². The third-order valence-electron chi connectivity index (χ3n) is 5.65. The summed E-state index contributed by atoms with van der Waals surface area (Å²) in [5, 5.41) is 13.7. The minimum atomic E-state index is -1.07. The molecule has 2 unspecified atom stereocenters. The van der Waals surface area contributed by atoms with Crippen LogP contribution in [0.5, 0.6) is 0 Å². The molecule has 1 aromatic carbocycles. The van der Waals surface area contributed by atoms with Crippen LogP contribution in [-0.2, 0) is 4.79 Å². The van der Waals surface area contributed by atoms with Crippen molar-refractivity contribution in [3.8, 4) is 0 Å². The summed E-state index contributed by atoms with van der Waals surface area (Å²) < 4.78 is 0. The predicted molar refractivity (Wildman–Crippen MR) is 101 cm³/mol.